The summed E-state index contributed by atoms with van der Waals surface area (Å²) >= 11 is 0. The molecule has 1 rings (SSSR count). The molecule has 0 saturated carbocycles. The lowest BCUT2D eigenvalue weighted by molar-refractivity contribution is -0.548. The summed E-state index contributed by atoms with van der Waals surface area (Å²) in [6.45, 7) is 3.70. The van der Waals surface area contributed by atoms with E-state index >= 15 is 0 Å². The lowest BCUT2D eigenvalue weighted by Crippen LogP contribution is -2.50. The van der Waals surface area contributed by atoms with Gasteiger partial charge in [0, 0.05) is 26.1 Å². The summed E-state index contributed by atoms with van der Waals surface area (Å²) in [5.41, 5.74) is 12.6. The molecule has 1 aliphatic rings. The van der Waals surface area contributed by atoms with Gasteiger partial charge in [-0.05, 0) is 44.9 Å². The van der Waals surface area contributed by atoms with Crippen molar-refractivity contribution in [1.82, 2.24) is 10.3 Å². The number of rotatable bonds is 13. The molecule has 1 saturated heterocycles. The van der Waals surface area contributed by atoms with Crippen LogP contribution in [0.1, 0.15) is 58.3 Å². The average Bonchev–Trinajstić information content (AvgIpc) is 2.67. The van der Waals surface area contributed by atoms with E-state index in [1.54, 1.807) is 11.8 Å². The normalized spacial score (nSPS) is 15.4. The Labute approximate surface area is 171 Å². The highest BCUT2D eigenvalue weighted by Crippen LogP contribution is 2.23. The number of nitrogens with zero attached hydrogens (tertiary/aromatic N) is 3. The van der Waals surface area contributed by atoms with Crippen LogP contribution in [0.15, 0.2) is 4.99 Å². The van der Waals surface area contributed by atoms with Crippen molar-refractivity contribution < 1.29 is 19.4 Å². The summed E-state index contributed by atoms with van der Waals surface area (Å²) in [4.78, 5) is 40.4. The second kappa shape index (κ2) is 13.6. The van der Waals surface area contributed by atoms with Crippen LogP contribution in [0.3, 0.4) is 0 Å². The Bertz CT molecular complexity index is 559. The fraction of sp³-hybridized carbons (Fsp3) is 0.833. The number of nitro groups is 1. The number of hydrazine groups is 1. The first-order valence-electron chi connectivity index (χ1n) is 10.2. The van der Waals surface area contributed by atoms with Crippen molar-refractivity contribution >= 4 is 17.8 Å². The van der Waals surface area contributed by atoms with Gasteiger partial charge >= 0.3 is 5.97 Å². The topological polar surface area (TPSA) is 166 Å². The number of unbranched alkanes of at least 4 members (excludes halogenated alkanes) is 1. The second-order valence-electron chi connectivity index (χ2n) is 7.21. The molecule has 0 spiro atoms. The third-order valence-corrected chi connectivity index (χ3v) is 4.98. The van der Waals surface area contributed by atoms with Gasteiger partial charge < -0.3 is 21.1 Å². The van der Waals surface area contributed by atoms with E-state index < -0.39 is 11.1 Å². The fourth-order valence-corrected chi connectivity index (χ4v) is 3.47. The standard InChI is InChI=1S/C18H34N6O5/c1-2-29-16(25)8-4-3-6-14-9-12-23(13-10-14)17(26)15(22-24(27)28)7-5-11-21-18(19)20/h14-15,22H,2-13H2,1H3,(H4,19,20,21)/t15-/m0/s1. The smallest absolute Gasteiger partial charge is 0.305 e. The number of aliphatic imine (C=N–C) groups is 1. The van der Waals surface area contributed by atoms with E-state index in [2.05, 4.69) is 10.4 Å². The van der Waals surface area contributed by atoms with Crippen LogP contribution in [0.25, 0.3) is 0 Å². The first-order chi connectivity index (χ1) is 13.8. The molecular weight excluding hydrogens is 380 g/mol. The van der Waals surface area contributed by atoms with Crippen molar-refractivity contribution in [1.29, 1.82) is 0 Å². The van der Waals surface area contributed by atoms with E-state index in [4.69, 9.17) is 16.2 Å². The van der Waals surface area contributed by atoms with Crippen LogP contribution in [0, 0.1) is 16.0 Å². The van der Waals surface area contributed by atoms with E-state index in [1.165, 1.54) is 0 Å². The Morgan fingerprint density at radius 3 is 2.55 bits per heavy atom. The number of likely N-dealkylation sites (tertiary alicyclic amines) is 1. The molecular formula is C18H34N6O5. The highest BCUT2D eigenvalue weighted by atomic mass is 16.7. The largest absolute Gasteiger partial charge is 0.466 e. The predicted octanol–water partition coefficient (Wildman–Crippen LogP) is 0.552. The Morgan fingerprint density at radius 2 is 1.97 bits per heavy atom. The van der Waals surface area contributed by atoms with E-state index in [0.717, 1.165) is 32.1 Å². The molecule has 0 aromatic carbocycles. The lowest BCUT2D eigenvalue weighted by Gasteiger charge is -2.33. The van der Waals surface area contributed by atoms with Gasteiger partial charge in [0.05, 0.1) is 6.61 Å². The summed E-state index contributed by atoms with van der Waals surface area (Å²) in [6, 6.07) is -0.889. The summed E-state index contributed by atoms with van der Waals surface area (Å²) in [6.07, 6.45) is 5.69. The Balaban J connectivity index is 2.37. The molecule has 1 atom stereocenters. The van der Waals surface area contributed by atoms with Crippen molar-refractivity contribution in [2.24, 2.45) is 22.4 Å². The number of ether oxygens (including phenoxy) is 1. The van der Waals surface area contributed by atoms with Crippen LogP contribution in [-0.4, -0.2) is 60.1 Å². The molecule has 0 aromatic rings. The maximum Gasteiger partial charge on any atom is 0.305 e. The van der Waals surface area contributed by atoms with Crippen LogP contribution in [0.2, 0.25) is 0 Å². The quantitative estimate of drug-likeness (QED) is 0.0981. The van der Waals surface area contributed by atoms with Crippen LogP contribution >= 0.6 is 0 Å². The summed E-state index contributed by atoms with van der Waals surface area (Å²) in [7, 11) is 0. The number of esters is 1. The first kappa shape index (κ1) is 24.4. The number of carbonyl (C=O) groups excluding carboxylic acids is 2. The minimum Gasteiger partial charge on any atom is -0.466 e. The molecule has 1 aliphatic heterocycles. The number of nitrogens with one attached hydrogen (secondary N) is 1. The number of hydrogen-bond acceptors (Lipinski definition) is 6. The monoisotopic (exact) mass is 414 g/mol. The number of piperidine rings is 1. The molecule has 11 nitrogen and oxygen atoms in total. The molecule has 166 valence electrons. The minimum absolute atomic E-state index is 0.0422. The molecule has 1 amide bonds. The predicted molar refractivity (Wildman–Crippen MR) is 108 cm³/mol. The molecule has 1 fully saturated rings. The van der Waals surface area contributed by atoms with Crippen LogP contribution in [0.5, 0.6) is 0 Å². The third kappa shape index (κ3) is 10.5. The van der Waals surface area contributed by atoms with Gasteiger partial charge in [0.15, 0.2) is 17.0 Å². The molecule has 29 heavy (non-hydrogen) atoms. The molecule has 1 heterocycles. The number of amides is 1. The van der Waals surface area contributed by atoms with E-state index in [9.17, 15) is 19.7 Å². The molecule has 0 bridgehead atoms. The average molecular weight is 415 g/mol. The van der Waals surface area contributed by atoms with Crippen molar-refractivity contribution in [3.05, 3.63) is 10.1 Å². The fourth-order valence-electron chi connectivity index (χ4n) is 3.47. The molecule has 0 radical (unpaired) electrons. The number of guanidine groups is 1. The van der Waals surface area contributed by atoms with Gasteiger partial charge in [-0.15, -0.1) is 5.43 Å². The Hall–Kier alpha value is -2.59. The van der Waals surface area contributed by atoms with Crippen LogP contribution < -0.4 is 16.9 Å². The summed E-state index contributed by atoms with van der Waals surface area (Å²) < 4.78 is 4.91. The maximum atomic E-state index is 12.7. The van der Waals surface area contributed by atoms with Gasteiger partial charge in [0.25, 0.3) is 5.91 Å². The van der Waals surface area contributed by atoms with E-state index in [-0.39, 0.29) is 24.3 Å². The lowest BCUT2D eigenvalue weighted by atomic mass is 9.91. The van der Waals surface area contributed by atoms with Crippen molar-refractivity contribution in [3.8, 4) is 0 Å². The second-order valence-corrected chi connectivity index (χ2v) is 7.21. The molecule has 0 aromatic heterocycles. The molecule has 5 N–H and O–H groups in total. The highest BCUT2D eigenvalue weighted by Gasteiger charge is 2.30. The van der Waals surface area contributed by atoms with Crippen LogP contribution in [0.4, 0.5) is 0 Å². The van der Waals surface area contributed by atoms with E-state index in [1.807, 2.05) is 0 Å². The van der Waals surface area contributed by atoms with Gasteiger partial charge in [0.2, 0.25) is 0 Å². The van der Waals surface area contributed by atoms with Crippen molar-refractivity contribution in [2.45, 2.75) is 64.3 Å². The van der Waals surface area contributed by atoms with E-state index in [0.29, 0.717) is 45.0 Å². The van der Waals surface area contributed by atoms with Crippen LogP contribution in [-0.2, 0) is 14.3 Å². The Kier molecular flexibility index (Phi) is 11.4. The first-order valence-corrected chi connectivity index (χ1v) is 10.2. The van der Waals surface area contributed by atoms with Gasteiger partial charge in [-0.1, -0.05) is 12.8 Å². The van der Waals surface area contributed by atoms with Gasteiger partial charge in [-0.2, -0.15) is 0 Å². The van der Waals surface area contributed by atoms with Gasteiger partial charge in [0.1, 0.15) is 0 Å². The highest BCUT2D eigenvalue weighted by molar-refractivity contribution is 5.81. The number of hydrogen-bond donors (Lipinski definition) is 3. The molecule has 0 unspecified atom stereocenters. The van der Waals surface area contributed by atoms with Crippen molar-refractivity contribution in [2.75, 3.05) is 26.2 Å². The molecule has 11 heteroatoms. The zero-order chi connectivity index (χ0) is 21.6. The Morgan fingerprint density at radius 1 is 1.28 bits per heavy atom. The minimum atomic E-state index is -0.889. The summed E-state index contributed by atoms with van der Waals surface area (Å²) in [5, 5.41) is 10.2. The molecule has 0 aliphatic carbocycles. The SMILES string of the molecule is CCOC(=O)CCCCC1CCN(C(=O)[C@H](CCCN=C(N)N)N[N+](=O)[O-])CC1. The third-order valence-electron chi connectivity index (χ3n) is 4.98. The summed E-state index contributed by atoms with van der Waals surface area (Å²) in [5.74, 6) is 0.0497. The van der Waals surface area contributed by atoms with Gasteiger partial charge in [-0.25, -0.2) is 10.1 Å². The number of nitrogens with two attached hydrogens (primary N) is 2. The van der Waals surface area contributed by atoms with Gasteiger partial charge in [-0.3, -0.25) is 14.6 Å². The zero-order valence-corrected chi connectivity index (χ0v) is 17.2. The van der Waals surface area contributed by atoms with Crippen molar-refractivity contribution in [3.63, 3.8) is 0 Å². The number of carbonyl (C=O) groups is 2. The zero-order valence-electron chi connectivity index (χ0n) is 17.2. The maximum absolute atomic E-state index is 12.7.